The van der Waals surface area contributed by atoms with Crippen LogP contribution in [0.2, 0.25) is 0 Å². The van der Waals surface area contributed by atoms with Gasteiger partial charge in [0.2, 0.25) is 0 Å². The average Bonchev–Trinajstić information content (AvgIpc) is 3.08. The molecule has 0 fully saturated rings. The van der Waals surface area contributed by atoms with Crippen LogP contribution in [0.15, 0.2) is 39.4 Å². The van der Waals surface area contributed by atoms with Crippen molar-refractivity contribution < 1.29 is 14.0 Å². The topological polar surface area (TPSA) is 83.7 Å². The Balaban J connectivity index is 1.78. The summed E-state index contributed by atoms with van der Waals surface area (Å²) in [4.78, 5) is 23.8. The zero-order valence-electron chi connectivity index (χ0n) is 10.8. The molecular weight excluding hydrogens is 278 g/mol. The molecule has 7 heteroatoms. The summed E-state index contributed by atoms with van der Waals surface area (Å²) >= 11 is 1.50. The van der Waals surface area contributed by atoms with E-state index in [0.717, 1.165) is 10.4 Å². The number of carbonyl (C=O) groups excluding carboxylic acids is 2. The fourth-order valence-corrected chi connectivity index (χ4v) is 2.16. The lowest BCUT2D eigenvalue weighted by molar-refractivity contribution is -0.139. The number of thiophene rings is 1. The fourth-order valence-electron chi connectivity index (χ4n) is 1.38. The molecule has 6 nitrogen and oxygen atoms in total. The number of hydrogen-bond acceptors (Lipinski definition) is 5. The minimum atomic E-state index is -0.818. The number of furan rings is 1. The van der Waals surface area contributed by atoms with Gasteiger partial charge in [0.05, 0.1) is 19.0 Å². The van der Waals surface area contributed by atoms with E-state index >= 15 is 0 Å². The van der Waals surface area contributed by atoms with Gasteiger partial charge in [0.1, 0.15) is 5.76 Å². The number of nitrogens with one attached hydrogen (secondary N) is 2. The van der Waals surface area contributed by atoms with E-state index in [4.69, 9.17) is 4.42 Å². The largest absolute Gasteiger partial charge is 0.467 e. The van der Waals surface area contributed by atoms with Crippen LogP contribution in [0.1, 0.15) is 16.2 Å². The van der Waals surface area contributed by atoms with Crippen molar-refractivity contribution >= 4 is 29.4 Å². The first-order valence-corrected chi connectivity index (χ1v) is 6.72. The van der Waals surface area contributed by atoms with Crippen LogP contribution in [0.3, 0.4) is 0 Å². The molecule has 2 amide bonds. The minimum absolute atomic E-state index is 0.160. The van der Waals surface area contributed by atoms with E-state index in [1.165, 1.54) is 23.8 Å². The molecule has 0 atom stereocenters. The fraction of sp³-hybridized carbons (Fsp3) is 0.154. The monoisotopic (exact) mass is 291 g/mol. The SMILES string of the molecule is Cc1ccsc1/C=N\NC(=O)C(=O)NCc1ccco1. The molecule has 0 aliphatic heterocycles. The second kappa shape index (κ2) is 6.67. The van der Waals surface area contributed by atoms with Crippen LogP contribution < -0.4 is 10.7 Å². The summed E-state index contributed by atoms with van der Waals surface area (Å²) in [5.74, 6) is -1.01. The van der Waals surface area contributed by atoms with Crippen molar-refractivity contribution in [2.45, 2.75) is 13.5 Å². The number of nitrogens with zero attached hydrogens (tertiary/aromatic N) is 1. The molecule has 0 aliphatic rings. The third-order valence-corrected chi connectivity index (χ3v) is 3.41. The van der Waals surface area contributed by atoms with Gasteiger partial charge in [0.25, 0.3) is 0 Å². The Morgan fingerprint density at radius 2 is 2.25 bits per heavy atom. The van der Waals surface area contributed by atoms with Gasteiger partial charge in [-0.15, -0.1) is 11.3 Å². The Hall–Kier alpha value is -2.41. The van der Waals surface area contributed by atoms with Gasteiger partial charge in [-0.1, -0.05) is 0 Å². The van der Waals surface area contributed by atoms with Gasteiger partial charge in [0, 0.05) is 4.88 Å². The molecule has 2 heterocycles. The molecule has 0 aromatic carbocycles. The number of amides is 2. The summed E-state index contributed by atoms with van der Waals surface area (Å²) in [5, 5.41) is 8.09. The zero-order chi connectivity index (χ0) is 14.4. The maximum Gasteiger partial charge on any atom is 0.329 e. The van der Waals surface area contributed by atoms with Gasteiger partial charge in [-0.25, -0.2) is 5.43 Å². The molecule has 0 aliphatic carbocycles. The molecule has 104 valence electrons. The number of hydrazone groups is 1. The van der Waals surface area contributed by atoms with Crippen molar-refractivity contribution in [1.82, 2.24) is 10.7 Å². The highest BCUT2D eigenvalue weighted by molar-refractivity contribution is 7.11. The molecular formula is C13H13N3O3S. The highest BCUT2D eigenvalue weighted by atomic mass is 32.1. The van der Waals surface area contributed by atoms with Crippen LogP contribution in [0.4, 0.5) is 0 Å². The molecule has 0 saturated carbocycles. The Morgan fingerprint density at radius 3 is 2.90 bits per heavy atom. The Bertz CT molecular complexity index is 617. The maximum atomic E-state index is 11.5. The van der Waals surface area contributed by atoms with Gasteiger partial charge < -0.3 is 9.73 Å². The lowest BCUT2D eigenvalue weighted by atomic mass is 10.3. The second-order valence-corrected chi connectivity index (χ2v) is 4.88. The predicted molar refractivity (Wildman–Crippen MR) is 75.3 cm³/mol. The standard InChI is InChI=1S/C13H13N3O3S/c1-9-4-6-20-11(9)8-15-16-13(18)12(17)14-7-10-3-2-5-19-10/h2-6,8H,7H2,1H3,(H,14,17)(H,16,18)/b15-8-. The van der Waals surface area contributed by atoms with Crippen LogP contribution in [0.25, 0.3) is 0 Å². The number of hydrogen-bond donors (Lipinski definition) is 2. The average molecular weight is 291 g/mol. The van der Waals surface area contributed by atoms with Crippen molar-refractivity contribution in [3.05, 3.63) is 46.0 Å². The van der Waals surface area contributed by atoms with E-state index in [1.54, 1.807) is 12.1 Å². The molecule has 0 spiro atoms. The summed E-state index contributed by atoms with van der Waals surface area (Å²) in [6.45, 7) is 2.10. The molecule has 0 bridgehead atoms. The van der Waals surface area contributed by atoms with E-state index in [2.05, 4.69) is 15.8 Å². The van der Waals surface area contributed by atoms with Crippen LogP contribution >= 0.6 is 11.3 Å². The van der Waals surface area contributed by atoms with Crippen molar-refractivity contribution in [2.24, 2.45) is 5.10 Å². The number of carbonyl (C=O) groups is 2. The van der Waals surface area contributed by atoms with Crippen LogP contribution in [0.5, 0.6) is 0 Å². The molecule has 2 aromatic heterocycles. The summed E-state index contributed by atoms with van der Waals surface area (Å²) in [6, 6.07) is 5.36. The Morgan fingerprint density at radius 1 is 1.40 bits per heavy atom. The van der Waals surface area contributed by atoms with Crippen molar-refractivity contribution in [3.8, 4) is 0 Å². The quantitative estimate of drug-likeness (QED) is 0.507. The first-order valence-electron chi connectivity index (χ1n) is 5.84. The highest BCUT2D eigenvalue weighted by Crippen LogP contribution is 2.12. The van der Waals surface area contributed by atoms with Crippen LogP contribution in [0, 0.1) is 6.92 Å². The van der Waals surface area contributed by atoms with Gasteiger partial charge in [0.15, 0.2) is 0 Å². The molecule has 20 heavy (non-hydrogen) atoms. The lowest BCUT2D eigenvalue weighted by Crippen LogP contribution is -2.37. The van der Waals surface area contributed by atoms with Crippen molar-refractivity contribution in [3.63, 3.8) is 0 Å². The molecule has 2 N–H and O–H groups in total. The summed E-state index contributed by atoms with van der Waals surface area (Å²) < 4.78 is 5.03. The van der Waals surface area contributed by atoms with E-state index in [9.17, 15) is 9.59 Å². The van der Waals surface area contributed by atoms with Crippen molar-refractivity contribution in [1.29, 1.82) is 0 Å². The van der Waals surface area contributed by atoms with Crippen molar-refractivity contribution in [2.75, 3.05) is 0 Å². The summed E-state index contributed by atoms with van der Waals surface area (Å²) in [5.41, 5.74) is 3.24. The predicted octanol–water partition coefficient (Wildman–Crippen LogP) is 1.42. The molecule has 2 rings (SSSR count). The van der Waals surface area contributed by atoms with Crippen LogP contribution in [-0.4, -0.2) is 18.0 Å². The Labute approximate surface area is 119 Å². The maximum absolute atomic E-state index is 11.5. The van der Waals surface area contributed by atoms with E-state index in [1.807, 2.05) is 18.4 Å². The first kappa shape index (κ1) is 14.0. The zero-order valence-corrected chi connectivity index (χ0v) is 11.6. The summed E-state index contributed by atoms with van der Waals surface area (Å²) in [6.07, 6.45) is 3.01. The number of aryl methyl sites for hydroxylation is 1. The van der Waals surface area contributed by atoms with Crippen LogP contribution in [-0.2, 0) is 16.1 Å². The van der Waals surface area contributed by atoms with E-state index < -0.39 is 11.8 Å². The molecule has 2 aromatic rings. The van der Waals surface area contributed by atoms with E-state index in [-0.39, 0.29) is 6.54 Å². The van der Waals surface area contributed by atoms with Gasteiger partial charge in [-0.3, -0.25) is 9.59 Å². The third-order valence-electron chi connectivity index (χ3n) is 2.46. The first-order chi connectivity index (χ1) is 9.66. The van der Waals surface area contributed by atoms with Gasteiger partial charge in [-0.2, -0.15) is 5.10 Å². The molecule has 0 unspecified atom stereocenters. The second-order valence-electron chi connectivity index (χ2n) is 3.93. The van der Waals surface area contributed by atoms with Gasteiger partial charge in [-0.05, 0) is 36.1 Å². The Kier molecular flexibility index (Phi) is 4.67. The molecule has 0 radical (unpaired) electrons. The molecule has 0 saturated heterocycles. The number of rotatable bonds is 4. The highest BCUT2D eigenvalue weighted by Gasteiger charge is 2.12. The smallest absolute Gasteiger partial charge is 0.329 e. The van der Waals surface area contributed by atoms with E-state index in [0.29, 0.717) is 5.76 Å². The lowest BCUT2D eigenvalue weighted by Gasteiger charge is -2.01. The third kappa shape index (κ3) is 3.79. The van der Waals surface area contributed by atoms with Gasteiger partial charge >= 0.3 is 11.8 Å². The summed E-state index contributed by atoms with van der Waals surface area (Å²) in [7, 11) is 0. The minimum Gasteiger partial charge on any atom is -0.467 e. The normalized spacial score (nSPS) is 10.7.